The minimum atomic E-state index is -0.536. The monoisotopic (exact) mass is 339 g/mol. The Bertz CT molecular complexity index is 613. The van der Waals surface area contributed by atoms with Gasteiger partial charge in [0, 0.05) is 16.7 Å². The van der Waals surface area contributed by atoms with Gasteiger partial charge in [-0.15, -0.1) is 0 Å². The topological polar surface area (TPSA) is 48.4 Å². The predicted octanol–water partition coefficient (Wildman–Crippen LogP) is 3.95. The zero-order chi connectivity index (χ0) is 14.5. The van der Waals surface area contributed by atoms with Gasteiger partial charge in [-0.3, -0.25) is 0 Å². The Morgan fingerprint density at radius 2 is 2.20 bits per heavy atom. The number of aromatic nitrogens is 1. The molecule has 2 aromatic rings. The van der Waals surface area contributed by atoms with Crippen LogP contribution in [0, 0.1) is 5.82 Å². The van der Waals surface area contributed by atoms with Gasteiger partial charge in [-0.05, 0) is 31.2 Å². The van der Waals surface area contributed by atoms with Crippen LogP contribution in [0.25, 0.3) is 0 Å². The Morgan fingerprint density at radius 3 is 2.90 bits per heavy atom. The fourth-order valence-electron chi connectivity index (χ4n) is 1.54. The van der Waals surface area contributed by atoms with Crippen molar-refractivity contribution in [3.05, 3.63) is 52.4 Å². The summed E-state index contributed by atoms with van der Waals surface area (Å²) in [6.45, 7) is 1.96. The van der Waals surface area contributed by atoms with Gasteiger partial charge in [0.05, 0.1) is 6.61 Å². The smallest absolute Gasteiger partial charge is 0.343 e. The molecule has 1 aromatic heterocycles. The fourth-order valence-corrected chi connectivity index (χ4v) is 1.98. The number of benzene rings is 1. The minimum absolute atomic E-state index is 0.0726. The Hall–Kier alpha value is -1.95. The molecule has 1 heterocycles. The number of hydrogen-bond donors (Lipinski definition) is 0. The largest absolute Gasteiger partial charge is 0.462 e. The maximum Gasteiger partial charge on any atom is 0.343 e. The normalized spacial score (nSPS) is 10.2. The Balaban J connectivity index is 2.31. The predicted molar refractivity (Wildman–Crippen MR) is 74.4 cm³/mol. The second-order valence-corrected chi connectivity index (χ2v) is 4.70. The second kappa shape index (κ2) is 6.47. The van der Waals surface area contributed by atoms with E-state index in [1.807, 2.05) is 0 Å². The highest BCUT2D eigenvalue weighted by Crippen LogP contribution is 2.27. The number of carbonyl (C=O) groups excluding carboxylic acids is 1. The van der Waals surface area contributed by atoms with Gasteiger partial charge in [-0.25, -0.2) is 14.2 Å². The summed E-state index contributed by atoms with van der Waals surface area (Å²) in [4.78, 5) is 15.7. The average Bonchev–Trinajstić information content (AvgIpc) is 2.38. The van der Waals surface area contributed by atoms with E-state index in [1.165, 1.54) is 24.4 Å². The van der Waals surface area contributed by atoms with Crippen molar-refractivity contribution in [3.63, 3.8) is 0 Å². The number of hydrogen-bond acceptors (Lipinski definition) is 4. The van der Waals surface area contributed by atoms with Gasteiger partial charge in [-0.1, -0.05) is 15.9 Å². The molecule has 0 amide bonds. The van der Waals surface area contributed by atoms with Crippen molar-refractivity contribution in [1.82, 2.24) is 4.98 Å². The molecular weight excluding hydrogens is 329 g/mol. The number of pyridine rings is 1. The van der Waals surface area contributed by atoms with Crippen molar-refractivity contribution in [2.75, 3.05) is 6.61 Å². The molecule has 0 aliphatic heterocycles. The van der Waals surface area contributed by atoms with E-state index in [4.69, 9.17) is 9.47 Å². The third kappa shape index (κ3) is 3.54. The quantitative estimate of drug-likeness (QED) is 0.791. The van der Waals surface area contributed by atoms with Crippen molar-refractivity contribution in [2.24, 2.45) is 0 Å². The lowest BCUT2D eigenvalue weighted by Crippen LogP contribution is -2.07. The molecule has 0 aliphatic carbocycles. The van der Waals surface area contributed by atoms with Crippen molar-refractivity contribution in [3.8, 4) is 11.6 Å². The summed E-state index contributed by atoms with van der Waals surface area (Å²) in [5.41, 5.74) is 0.190. The lowest BCUT2D eigenvalue weighted by Gasteiger charge is -2.09. The van der Waals surface area contributed by atoms with Crippen molar-refractivity contribution >= 4 is 21.9 Å². The molecule has 0 aliphatic rings. The molecule has 1 aromatic carbocycles. The number of esters is 1. The molecule has 0 radical (unpaired) electrons. The molecule has 0 atom stereocenters. The maximum atomic E-state index is 13.3. The van der Waals surface area contributed by atoms with Gasteiger partial charge in [0.25, 0.3) is 0 Å². The van der Waals surface area contributed by atoms with E-state index >= 15 is 0 Å². The minimum Gasteiger partial charge on any atom is -0.462 e. The number of carbonyl (C=O) groups is 1. The molecule has 0 N–H and O–H groups in total. The first-order valence-corrected chi connectivity index (χ1v) is 6.65. The molecule has 6 heteroatoms. The van der Waals surface area contributed by atoms with Crippen LogP contribution in [0.5, 0.6) is 11.6 Å². The van der Waals surface area contributed by atoms with Crippen LogP contribution in [0.1, 0.15) is 17.3 Å². The maximum absolute atomic E-state index is 13.3. The van der Waals surface area contributed by atoms with E-state index in [0.29, 0.717) is 4.47 Å². The zero-order valence-corrected chi connectivity index (χ0v) is 12.2. The first-order valence-electron chi connectivity index (χ1n) is 5.86. The first-order chi connectivity index (χ1) is 9.60. The van der Waals surface area contributed by atoms with Gasteiger partial charge in [0.2, 0.25) is 5.88 Å². The Kier molecular flexibility index (Phi) is 4.68. The van der Waals surface area contributed by atoms with Crippen LogP contribution in [0.4, 0.5) is 4.39 Å². The summed E-state index contributed by atoms with van der Waals surface area (Å²) in [6, 6.07) is 7.22. The molecule has 0 saturated carbocycles. The highest BCUT2D eigenvalue weighted by atomic mass is 79.9. The van der Waals surface area contributed by atoms with Crippen molar-refractivity contribution in [1.29, 1.82) is 0 Å². The fraction of sp³-hybridized carbons (Fsp3) is 0.143. The summed E-state index contributed by atoms with van der Waals surface area (Å²) in [5.74, 6) is -0.682. The van der Waals surface area contributed by atoms with Gasteiger partial charge in [-0.2, -0.15) is 0 Å². The van der Waals surface area contributed by atoms with E-state index in [0.717, 1.165) is 0 Å². The van der Waals surface area contributed by atoms with Crippen molar-refractivity contribution in [2.45, 2.75) is 6.92 Å². The lowest BCUT2D eigenvalue weighted by molar-refractivity contribution is 0.0522. The highest BCUT2D eigenvalue weighted by molar-refractivity contribution is 9.10. The standard InChI is InChI=1S/C14H11BrFNO3/c1-2-19-14(18)12-4-3-5-17-13(12)20-11-7-9(15)6-10(16)8-11/h3-8H,2H2,1H3. The second-order valence-electron chi connectivity index (χ2n) is 3.78. The summed E-state index contributed by atoms with van der Waals surface area (Å²) in [7, 11) is 0. The number of ether oxygens (including phenoxy) is 2. The molecule has 104 valence electrons. The SMILES string of the molecule is CCOC(=O)c1cccnc1Oc1cc(F)cc(Br)c1. The molecule has 0 bridgehead atoms. The van der Waals surface area contributed by atoms with E-state index in [1.54, 1.807) is 19.1 Å². The van der Waals surface area contributed by atoms with Gasteiger partial charge < -0.3 is 9.47 Å². The van der Waals surface area contributed by atoms with Crippen LogP contribution in [0.2, 0.25) is 0 Å². The van der Waals surface area contributed by atoms with Crippen LogP contribution in [0.15, 0.2) is 41.0 Å². The first kappa shape index (κ1) is 14.5. The van der Waals surface area contributed by atoms with Crippen LogP contribution in [0.3, 0.4) is 0 Å². The average molecular weight is 340 g/mol. The van der Waals surface area contributed by atoms with Crippen LogP contribution >= 0.6 is 15.9 Å². The molecule has 2 rings (SSSR count). The van der Waals surface area contributed by atoms with Gasteiger partial charge >= 0.3 is 5.97 Å². The van der Waals surface area contributed by atoms with E-state index < -0.39 is 11.8 Å². The van der Waals surface area contributed by atoms with Crippen LogP contribution in [-0.2, 0) is 4.74 Å². The van der Waals surface area contributed by atoms with Crippen LogP contribution in [-0.4, -0.2) is 17.6 Å². The van der Waals surface area contributed by atoms with E-state index in [2.05, 4.69) is 20.9 Å². The summed E-state index contributed by atoms with van der Waals surface area (Å²) < 4.78 is 24.2. The molecule has 0 unspecified atom stereocenters. The molecule has 0 spiro atoms. The molecule has 0 fully saturated rings. The van der Waals surface area contributed by atoms with E-state index in [-0.39, 0.29) is 23.8 Å². The summed E-state index contributed by atoms with van der Waals surface area (Å²) >= 11 is 3.17. The highest BCUT2D eigenvalue weighted by Gasteiger charge is 2.15. The van der Waals surface area contributed by atoms with Gasteiger partial charge in [0.1, 0.15) is 17.1 Å². The zero-order valence-electron chi connectivity index (χ0n) is 10.6. The lowest BCUT2D eigenvalue weighted by atomic mass is 10.2. The molecule has 0 saturated heterocycles. The number of rotatable bonds is 4. The summed E-state index contributed by atoms with van der Waals surface area (Å²) in [5, 5.41) is 0. The third-order valence-corrected chi connectivity index (χ3v) is 2.77. The van der Waals surface area contributed by atoms with E-state index in [9.17, 15) is 9.18 Å². The third-order valence-electron chi connectivity index (χ3n) is 2.32. The Morgan fingerprint density at radius 1 is 1.40 bits per heavy atom. The van der Waals surface area contributed by atoms with Crippen LogP contribution < -0.4 is 4.74 Å². The molecular formula is C14H11BrFNO3. The Labute approximate surface area is 123 Å². The van der Waals surface area contributed by atoms with Crippen molar-refractivity contribution < 1.29 is 18.7 Å². The number of halogens is 2. The summed E-state index contributed by atoms with van der Waals surface area (Å²) in [6.07, 6.45) is 1.48. The van der Waals surface area contributed by atoms with Gasteiger partial charge in [0.15, 0.2) is 0 Å². The molecule has 4 nitrogen and oxygen atoms in total. The number of nitrogens with zero attached hydrogens (tertiary/aromatic N) is 1. The molecule has 20 heavy (non-hydrogen) atoms.